The van der Waals surface area contributed by atoms with Crippen LogP contribution in [0.4, 0.5) is 0 Å². The molecule has 51 valence electrons. The van der Waals surface area contributed by atoms with Gasteiger partial charge in [-0.25, -0.2) is 0 Å². The van der Waals surface area contributed by atoms with Gasteiger partial charge in [0.25, 0.3) is 0 Å². The van der Waals surface area contributed by atoms with Gasteiger partial charge in [0.2, 0.25) is 6.29 Å². The van der Waals surface area contributed by atoms with Gasteiger partial charge in [-0.2, -0.15) is 0 Å². The molecule has 1 fully saturated rings. The van der Waals surface area contributed by atoms with Crippen molar-refractivity contribution in [1.29, 1.82) is 0 Å². The third-order valence-electron chi connectivity index (χ3n) is 3.14. The molecule has 0 aromatic heterocycles. The van der Waals surface area contributed by atoms with Crippen molar-refractivity contribution in [3.63, 3.8) is 0 Å². The minimum Gasteiger partial charge on any atom is -0.291 e. The molecule has 1 aliphatic rings. The fourth-order valence-corrected chi connectivity index (χ4v) is 1.49. The van der Waals surface area contributed by atoms with E-state index < -0.39 is 0 Å². The summed E-state index contributed by atoms with van der Waals surface area (Å²) in [7, 11) is 0. The molecule has 1 saturated carbocycles. The fraction of sp³-hybridized carbons (Fsp3) is 0.875. The third kappa shape index (κ3) is 0.577. The van der Waals surface area contributed by atoms with Crippen molar-refractivity contribution in [3.05, 3.63) is 0 Å². The smallest absolute Gasteiger partial charge is 0.202 e. The van der Waals surface area contributed by atoms with E-state index in [1.54, 1.807) is 0 Å². The summed E-state index contributed by atoms with van der Waals surface area (Å²) in [6.07, 6.45) is 2.07. The summed E-state index contributed by atoms with van der Waals surface area (Å²) in [4.78, 5) is 10.3. The molecule has 0 aliphatic heterocycles. The first-order chi connectivity index (χ1) is 3.94. The van der Waals surface area contributed by atoms with Crippen molar-refractivity contribution in [2.24, 2.45) is 16.7 Å². The second kappa shape index (κ2) is 1.39. The molecule has 0 aromatic carbocycles. The van der Waals surface area contributed by atoms with Crippen LogP contribution in [0.25, 0.3) is 0 Å². The van der Waals surface area contributed by atoms with Gasteiger partial charge in [0.15, 0.2) is 0 Å². The lowest BCUT2D eigenvalue weighted by atomic mass is 10.0. The average Bonchev–Trinajstić information content (AvgIpc) is 2.00. The fourth-order valence-electron chi connectivity index (χ4n) is 1.49. The molecule has 1 nitrogen and oxygen atoms in total. The van der Waals surface area contributed by atoms with Crippen molar-refractivity contribution in [1.82, 2.24) is 0 Å². The normalized spacial score (nSPS) is 29.8. The Kier molecular flexibility index (Phi) is 1.05. The molecule has 0 N–H and O–H groups in total. The van der Waals surface area contributed by atoms with Gasteiger partial charge in [0, 0.05) is 5.92 Å². The molecule has 0 saturated heterocycles. The lowest BCUT2D eigenvalue weighted by molar-refractivity contribution is 0.457. The van der Waals surface area contributed by atoms with Crippen molar-refractivity contribution in [2.45, 2.75) is 27.7 Å². The van der Waals surface area contributed by atoms with E-state index in [0.717, 1.165) is 0 Å². The number of hydrogen-bond acceptors (Lipinski definition) is 1. The number of hydrogen-bond donors (Lipinski definition) is 0. The van der Waals surface area contributed by atoms with E-state index in [9.17, 15) is 4.79 Å². The number of carbonyl (C=O) groups excluding carboxylic acids is 1. The molecule has 1 aliphatic carbocycles. The zero-order chi connectivity index (χ0) is 7.28. The molecule has 0 spiro atoms. The van der Waals surface area contributed by atoms with Gasteiger partial charge in [-0.15, -0.1) is 0 Å². The van der Waals surface area contributed by atoms with E-state index in [0.29, 0.717) is 0 Å². The first-order valence-corrected chi connectivity index (χ1v) is 3.32. The maximum absolute atomic E-state index is 10.3. The Balaban J connectivity index is 2.77. The van der Waals surface area contributed by atoms with Crippen molar-refractivity contribution < 1.29 is 4.79 Å². The zero-order valence-corrected chi connectivity index (χ0v) is 6.49. The molecule has 1 heteroatoms. The molecule has 1 radical (unpaired) electrons. The van der Waals surface area contributed by atoms with Gasteiger partial charge in [-0.05, 0) is 10.8 Å². The van der Waals surface area contributed by atoms with Crippen molar-refractivity contribution >= 4 is 6.29 Å². The largest absolute Gasteiger partial charge is 0.291 e. The summed E-state index contributed by atoms with van der Waals surface area (Å²) in [5.74, 6) is 0.157. The molecule has 9 heavy (non-hydrogen) atoms. The van der Waals surface area contributed by atoms with Crippen LogP contribution in [-0.4, -0.2) is 6.29 Å². The van der Waals surface area contributed by atoms with E-state index in [-0.39, 0.29) is 16.7 Å². The van der Waals surface area contributed by atoms with E-state index >= 15 is 0 Å². The van der Waals surface area contributed by atoms with E-state index in [1.807, 2.05) is 0 Å². The van der Waals surface area contributed by atoms with Crippen LogP contribution in [0, 0.1) is 16.7 Å². The third-order valence-corrected chi connectivity index (χ3v) is 3.14. The molecule has 0 aromatic rings. The van der Waals surface area contributed by atoms with Crippen molar-refractivity contribution in [2.75, 3.05) is 0 Å². The predicted molar refractivity (Wildman–Crippen MR) is 36.7 cm³/mol. The van der Waals surface area contributed by atoms with E-state index in [4.69, 9.17) is 0 Å². The Labute approximate surface area is 56.4 Å². The van der Waals surface area contributed by atoms with Crippen LogP contribution < -0.4 is 0 Å². The van der Waals surface area contributed by atoms with Gasteiger partial charge in [-0.1, -0.05) is 27.7 Å². The minimum absolute atomic E-state index is 0.157. The molecular formula is C8H13O. The lowest BCUT2D eigenvalue weighted by Gasteiger charge is -2.03. The molecule has 0 bridgehead atoms. The Morgan fingerprint density at radius 1 is 1.11 bits per heavy atom. The first-order valence-electron chi connectivity index (χ1n) is 3.32. The first kappa shape index (κ1) is 6.79. The lowest BCUT2D eigenvalue weighted by Crippen LogP contribution is -1.95. The summed E-state index contributed by atoms with van der Waals surface area (Å²) in [5, 5.41) is 0. The summed E-state index contributed by atoms with van der Waals surface area (Å²) in [6, 6.07) is 0. The Hall–Kier alpha value is -0.330. The molecular weight excluding hydrogens is 112 g/mol. The molecule has 0 heterocycles. The molecule has 0 amide bonds. The monoisotopic (exact) mass is 125 g/mol. The Bertz CT molecular complexity index is 131. The number of rotatable bonds is 1. The van der Waals surface area contributed by atoms with Crippen molar-refractivity contribution in [3.8, 4) is 0 Å². The maximum Gasteiger partial charge on any atom is 0.202 e. The van der Waals surface area contributed by atoms with Crippen LogP contribution >= 0.6 is 0 Å². The van der Waals surface area contributed by atoms with Crippen LogP contribution in [0.1, 0.15) is 27.7 Å². The van der Waals surface area contributed by atoms with E-state index in [2.05, 4.69) is 34.0 Å². The van der Waals surface area contributed by atoms with Crippen LogP contribution in [0.5, 0.6) is 0 Å². The van der Waals surface area contributed by atoms with E-state index in [1.165, 1.54) is 0 Å². The molecule has 0 atom stereocenters. The zero-order valence-electron chi connectivity index (χ0n) is 6.49. The molecule has 1 rings (SSSR count). The van der Waals surface area contributed by atoms with Crippen LogP contribution in [0.3, 0.4) is 0 Å². The molecule has 0 unspecified atom stereocenters. The Morgan fingerprint density at radius 2 is 1.44 bits per heavy atom. The maximum atomic E-state index is 10.3. The standard InChI is InChI=1S/C8H13O/c1-7(2)6(5-9)8(7,3)4/h6H,1-4H3. The highest BCUT2D eigenvalue weighted by atomic mass is 16.1. The average molecular weight is 125 g/mol. The SMILES string of the molecule is CC1(C)C([C]=O)C1(C)C. The second-order valence-electron chi connectivity index (χ2n) is 3.99. The van der Waals surface area contributed by atoms with Gasteiger partial charge in [-0.3, -0.25) is 4.79 Å². The quantitative estimate of drug-likeness (QED) is 0.522. The predicted octanol–water partition coefficient (Wildman–Crippen LogP) is 1.78. The highest BCUT2D eigenvalue weighted by molar-refractivity contribution is 5.63. The van der Waals surface area contributed by atoms with Crippen LogP contribution in [-0.2, 0) is 4.79 Å². The van der Waals surface area contributed by atoms with Crippen LogP contribution in [0.2, 0.25) is 0 Å². The van der Waals surface area contributed by atoms with Gasteiger partial charge in [0.1, 0.15) is 0 Å². The highest BCUT2D eigenvalue weighted by Gasteiger charge is 2.65. The van der Waals surface area contributed by atoms with Crippen LogP contribution in [0.15, 0.2) is 0 Å². The summed E-state index contributed by atoms with van der Waals surface area (Å²) < 4.78 is 0. The topological polar surface area (TPSA) is 17.1 Å². The highest BCUT2D eigenvalue weighted by Crippen LogP contribution is 2.67. The minimum atomic E-state index is 0.157. The summed E-state index contributed by atoms with van der Waals surface area (Å²) >= 11 is 0. The summed E-state index contributed by atoms with van der Waals surface area (Å²) in [5.41, 5.74) is 0.378. The second-order valence-corrected chi connectivity index (χ2v) is 3.99. The van der Waals surface area contributed by atoms with Gasteiger partial charge >= 0.3 is 0 Å². The summed E-state index contributed by atoms with van der Waals surface area (Å²) in [6.45, 7) is 8.45. The van der Waals surface area contributed by atoms with Gasteiger partial charge in [0.05, 0.1) is 0 Å². The Morgan fingerprint density at radius 3 is 1.44 bits per heavy atom. The van der Waals surface area contributed by atoms with Gasteiger partial charge < -0.3 is 0 Å².